The van der Waals surface area contributed by atoms with Crippen molar-refractivity contribution in [3.63, 3.8) is 0 Å². The number of hydrogen-bond acceptors (Lipinski definition) is 3. The topological polar surface area (TPSA) is 44.7 Å². The van der Waals surface area contributed by atoms with E-state index in [2.05, 4.69) is 49.3 Å². The molecule has 4 nitrogen and oxygen atoms in total. The fourth-order valence-corrected chi connectivity index (χ4v) is 3.72. The number of rotatable bonds is 3. The predicted octanol–water partition coefficient (Wildman–Crippen LogP) is 4.83. The second kappa shape index (κ2) is 7.12. The highest BCUT2D eigenvalue weighted by Gasteiger charge is 2.34. The lowest BCUT2D eigenvalue weighted by molar-refractivity contribution is 0.0955. The summed E-state index contributed by atoms with van der Waals surface area (Å²) in [5.41, 5.74) is 6.43. The summed E-state index contributed by atoms with van der Waals surface area (Å²) in [5, 5.41) is 4.70. The second-order valence-electron chi connectivity index (χ2n) is 7.47. The van der Waals surface area contributed by atoms with Crippen molar-refractivity contribution < 1.29 is 4.79 Å². The number of nitrogens with one attached hydrogen (secondary N) is 1. The van der Waals surface area contributed by atoms with Crippen LogP contribution in [0.15, 0.2) is 47.6 Å². The maximum Gasteiger partial charge on any atom is 0.271 e. The summed E-state index contributed by atoms with van der Waals surface area (Å²) in [4.78, 5) is 14.3. The van der Waals surface area contributed by atoms with Crippen molar-refractivity contribution in [3.8, 4) is 0 Å². The normalized spacial score (nSPS) is 18.7. The van der Waals surface area contributed by atoms with Crippen molar-refractivity contribution in [1.29, 1.82) is 0 Å². The van der Waals surface area contributed by atoms with E-state index in [1.807, 2.05) is 24.3 Å². The van der Waals surface area contributed by atoms with Gasteiger partial charge >= 0.3 is 0 Å². The molecule has 1 amide bonds. The fraction of sp³-hybridized carbons (Fsp3) is 0.333. The third-order valence-corrected chi connectivity index (χ3v) is 5.49. The first-order chi connectivity index (χ1) is 12.3. The van der Waals surface area contributed by atoms with Crippen LogP contribution in [0.3, 0.4) is 0 Å². The summed E-state index contributed by atoms with van der Waals surface area (Å²) >= 11 is 6.47. The van der Waals surface area contributed by atoms with Gasteiger partial charge in [0.05, 0.1) is 11.2 Å². The highest BCUT2D eigenvalue weighted by Crippen LogP contribution is 2.44. The molecule has 3 rings (SSSR count). The van der Waals surface area contributed by atoms with E-state index in [1.165, 1.54) is 5.56 Å². The lowest BCUT2D eigenvalue weighted by atomic mass is 9.80. The smallest absolute Gasteiger partial charge is 0.271 e. The van der Waals surface area contributed by atoms with E-state index in [0.717, 1.165) is 17.7 Å². The van der Waals surface area contributed by atoms with Gasteiger partial charge in [-0.1, -0.05) is 36.7 Å². The van der Waals surface area contributed by atoms with E-state index >= 15 is 0 Å². The third kappa shape index (κ3) is 3.61. The molecule has 0 aliphatic carbocycles. The predicted molar refractivity (Wildman–Crippen MR) is 108 cm³/mol. The number of amides is 1. The Morgan fingerprint density at radius 3 is 2.69 bits per heavy atom. The summed E-state index contributed by atoms with van der Waals surface area (Å²) in [6.45, 7) is 6.73. The highest BCUT2D eigenvalue weighted by molar-refractivity contribution is 6.33. The van der Waals surface area contributed by atoms with E-state index in [0.29, 0.717) is 16.5 Å². The molecule has 0 spiro atoms. The van der Waals surface area contributed by atoms with Crippen molar-refractivity contribution in [1.82, 2.24) is 5.43 Å². The molecule has 0 unspecified atom stereocenters. The third-order valence-electron chi connectivity index (χ3n) is 5.16. The molecule has 0 saturated carbocycles. The number of carbonyl (C=O) groups excluding carboxylic acids is 1. The van der Waals surface area contributed by atoms with Gasteiger partial charge in [0.2, 0.25) is 0 Å². The maximum atomic E-state index is 12.1. The highest BCUT2D eigenvalue weighted by atomic mass is 35.5. The molecule has 2 aromatic rings. The van der Waals surface area contributed by atoms with Gasteiger partial charge in [-0.3, -0.25) is 4.79 Å². The first-order valence-electron chi connectivity index (χ1n) is 8.75. The maximum absolute atomic E-state index is 12.1. The minimum absolute atomic E-state index is 0.0923. The number of halogens is 1. The van der Waals surface area contributed by atoms with Crippen LogP contribution in [0.5, 0.6) is 0 Å². The van der Waals surface area contributed by atoms with E-state index < -0.39 is 0 Å². The zero-order valence-corrected chi connectivity index (χ0v) is 16.3. The molecular formula is C21H24ClN3O. The van der Waals surface area contributed by atoms with Crippen molar-refractivity contribution in [2.24, 2.45) is 5.10 Å². The van der Waals surface area contributed by atoms with Gasteiger partial charge in [-0.25, -0.2) is 5.43 Å². The van der Waals surface area contributed by atoms with Gasteiger partial charge in [-0.2, -0.15) is 5.10 Å². The van der Waals surface area contributed by atoms with Gasteiger partial charge in [0, 0.05) is 29.4 Å². The van der Waals surface area contributed by atoms with Crippen molar-refractivity contribution in [2.45, 2.75) is 38.6 Å². The molecule has 1 aliphatic rings. The number of carbonyl (C=O) groups is 1. The Balaban J connectivity index is 1.82. The molecule has 5 heteroatoms. The van der Waals surface area contributed by atoms with Gasteiger partial charge < -0.3 is 4.90 Å². The van der Waals surface area contributed by atoms with Crippen LogP contribution in [-0.4, -0.2) is 24.7 Å². The molecular weight excluding hydrogens is 346 g/mol. The summed E-state index contributed by atoms with van der Waals surface area (Å²) in [5.74, 6) is 0.185. The molecule has 0 radical (unpaired) electrons. The Hall–Kier alpha value is -2.33. The standard InChI is InChI=1S/C21H24ClN3O/c1-14-12-21(2,3)25(4)19-11-18(22)16(10-17(14)19)13-23-24-20(26)15-8-6-5-7-9-15/h5-11,13-14H,12H2,1-4H3,(H,24,26)/b23-13-/t14-/m1/s1. The summed E-state index contributed by atoms with van der Waals surface area (Å²) in [7, 11) is 2.11. The lowest BCUT2D eigenvalue weighted by Crippen LogP contribution is -2.45. The van der Waals surface area contributed by atoms with E-state index in [9.17, 15) is 4.79 Å². The summed E-state index contributed by atoms with van der Waals surface area (Å²) in [6, 6.07) is 13.1. The number of fused-ring (bicyclic) bond motifs is 1. The zero-order valence-electron chi connectivity index (χ0n) is 15.6. The van der Waals surface area contributed by atoms with Crippen LogP contribution >= 0.6 is 11.6 Å². The van der Waals surface area contributed by atoms with Gasteiger partial charge in [-0.15, -0.1) is 0 Å². The molecule has 1 heterocycles. The number of anilines is 1. The SMILES string of the molecule is C[C@@H]1CC(C)(C)N(C)c2cc(Cl)c(/C=N\NC(=O)c3ccccc3)cc21. The molecule has 26 heavy (non-hydrogen) atoms. The van der Waals surface area contributed by atoms with Crippen molar-refractivity contribution in [2.75, 3.05) is 11.9 Å². The van der Waals surface area contributed by atoms with Crippen LogP contribution in [0.25, 0.3) is 0 Å². The largest absolute Gasteiger partial charge is 0.369 e. The first kappa shape index (κ1) is 18.5. The lowest BCUT2D eigenvalue weighted by Gasteiger charge is -2.45. The van der Waals surface area contributed by atoms with Crippen LogP contribution in [-0.2, 0) is 0 Å². The van der Waals surface area contributed by atoms with Crippen LogP contribution in [0.4, 0.5) is 5.69 Å². The quantitative estimate of drug-likeness (QED) is 0.622. The number of nitrogens with zero attached hydrogens (tertiary/aromatic N) is 2. The van der Waals surface area contributed by atoms with Gasteiger partial charge in [-0.05, 0) is 56.0 Å². The van der Waals surface area contributed by atoms with Crippen LogP contribution in [0, 0.1) is 0 Å². The molecule has 136 valence electrons. The summed E-state index contributed by atoms with van der Waals surface area (Å²) in [6.07, 6.45) is 2.68. The first-order valence-corrected chi connectivity index (χ1v) is 9.13. The Kier molecular flexibility index (Phi) is 5.05. The second-order valence-corrected chi connectivity index (χ2v) is 7.88. The van der Waals surface area contributed by atoms with Gasteiger partial charge in [0.1, 0.15) is 0 Å². The fourth-order valence-electron chi connectivity index (χ4n) is 3.52. The van der Waals surface area contributed by atoms with E-state index in [1.54, 1.807) is 18.3 Å². The molecule has 0 fully saturated rings. The molecule has 0 bridgehead atoms. The summed E-state index contributed by atoms with van der Waals surface area (Å²) < 4.78 is 0. The molecule has 0 saturated heterocycles. The van der Waals surface area contributed by atoms with Crippen molar-refractivity contribution in [3.05, 3.63) is 64.2 Å². The molecule has 1 N–H and O–H groups in total. The van der Waals surface area contributed by atoms with Crippen LogP contribution in [0.1, 0.15) is 54.6 Å². The monoisotopic (exact) mass is 369 g/mol. The van der Waals surface area contributed by atoms with Gasteiger partial charge in [0.25, 0.3) is 5.91 Å². The number of hydrazone groups is 1. The molecule has 1 aliphatic heterocycles. The van der Waals surface area contributed by atoms with Crippen LogP contribution in [0.2, 0.25) is 5.02 Å². The Bertz CT molecular complexity index is 846. The van der Waals surface area contributed by atoms with Crippen LogP contribution < -0.4 is 10.3 Å². The Morgan fingerprint density at radius 2 is 2.00 bits per heavy atom. The average Bonchev–Trinajstić information content (AvgIpc) is 2.61. The zero-order chi connectivity index (χ0) is 18.9. The molecule has 1 atom stereocenters. The van der Waals surface area contributed by atoms with Crippen molar-refractivity contribution >= 4 is 29.4 Å². The minimum atomic E-state index is -0.245. The van der Waals surface area contributed by atoms with E-state index in [-0.39, 0.29) is 11.4 Å². The minimum Gasteiger partial charge on any atom is -0.369 e. The molecule has 0 aromatic heterocycles. The average molecular weight is 370 g/mol. The Morgan fingerprint density at radius 1 is 1.31 bits per heavy atom. The number of benzene rings is 2. The Labute approximate surface area is 159 Å². The molecule has 2 aromatic carbocycles. The van der Waals surface area contributed by atoms with E-state index in [4.69, 9.17) is 11.6 Å². The number of hydrogen-bond donors (Lipinski definition) is 1. The van der Waals surface area contributed by atoms with Gasteiger partial charge in [0.15, 0.2) is 0 Å².